The maximum absolute atomic E-state index is 15.7. The van der Waals surface area contributed by atoms with Gasteiger partial charge in [-0.3, -0.25) is 0 Å². The highest BCUT2D eigenvalue weighted by Crippen LogP contribution is 2.51. The first kappa shape index (κ1) is 24.3. The number of halogens is 1. The van der Waals surface area contributed by atoms with Crippen LogP contribution in [0.3, 0.4) is 0 Å². The van der Waals surface area contributed by atoms with Crippen molar-refractivity contribution in [3.63, 3.8) is 0 Å². The van der Waals surface area contributed by atoms with Gasteiger partial charge in [0, 0.05) is 46.0 Å². The van der Waals surface area contributed by atoms with Gasteiger partial charge in [-0.2, -0.15) is 0 Å². The molecular formula is C38H32BFN2. The first-order valence-corrected chi connectivity index (χ1v) is 15.2. The van der Waals surface area contributed by atoms with Crippen molar-refractivity contribution in [1.82, 2.24) is 0 Å². The summed E-state index contributed by atoms with van der Waals surface area (Å²) in [5, 5.41) is 0. The van der Waals surface area contributed by atoms with E-state index in [1.54, 1.807) is 0 Å². The minimum absolute atomic E-state index is 0.0607. The second kappa shape index (κ2) is 8.38. The molecule has 0 bridgehead atoms. The zero-order valence-electron chi connectivity index (χ0n) is 24.2. The summed E-state index contributed by atoms with van der Waals surface area (Å²) in [7, 11) is 0. The summed E-state index contributed by atoms with van der Waals surface area (Å²) in [6.07, 6.45) is -0.387. The van der Waals surface area contributed by atoms with E-state index in [2.05, 4.69) is 128 Å². The van der Waals surface area contributed by atoms with Gasteiger partial charge in [0.15, 0.2) is 0 Å². The Morgan fingerprint density at radius 1 is 0.738 bits per heavy atom. The van der Waals surface area contributed by atoms with E-state index in [4.69, 9.17) is 0 Å². The number of fused-ring (bicyclic) bond motifs is 7. The predicted octanol–water partition coefficient (Wildman–Crippen LogP) is 7.79. The van der Waals surface area contributed by atoms with Gasteiger partial charge in [-0.1, -0.05) is 93.6 Å². The fourth-order valence-corrected chi connectivity index (χ4v) is 8.47. The van der Waals surface area contributed by atoms with Gasteiger partial charge in [-0.05, 0) is 81.3 Å². The maximum Gasteiger partial charge on any atom is 0.252 e. The molecule has 0 aromatic heterocycles. The Bertz CT molecular complexity index is 1940. The summed E-state index contributed by atoms with van der Waals surface area (Å²) in [5.41, 5.74) is 15.9. The zero-order chi connectivity index (χ0) is 28.3. The maximum atomic E-state index is 15.7. The van der Waals surface area contributed by atoms with Crippen LogP contribution in [0.15, 0.2) is 103 Å². The van der Waals surface area contributed by atoms with Crippen LogP contribution in [0, 0.1) is 5.92 Å². The highest BCUT2D eigenvalue weighted by molar-refractivity contribution is 7.00. The van der Waals surface area contributed by atoms with Crippen molar-refractivity contribution in [2.24, 2.45) is 5.92 Å². The second-order valence-electron chi connectivity index (χ2n) is 13.1. The van der Waals surface area contributed by atoms with Gasteiger partial charge in [0.05, 0.1) is 0 Å². The molecule has 0 spiro atoms. The first-order chi connectivity index (χ1) is 20.4. The number of hydrogen-bond acceptors (Lipinski definition) is 2. The van der Waals surface area contributed by atoms with Gasteiger partial charge < -0.3 is 9.80 Å². The largest absolute Gasteiger partial charge is 0.342 e. The molecule has 0 amide bonds. The molecule has 204 valence electrons. The number of benzene rings is 5. The molecule has 4 heteroatoms. The molecule has 3 heterocycles. The molecule has 0 N–H and O–H groups in total. The number of anilines is 5. The average Bonchev–Trinajstić information content (AvgIpc) is 3.14. The summed E-state index contributed by atoms with van der Waals surface area (Å²) in [6.45, 7) is 7.76. The lowest BCUT2D eigenvalue weighted by Gasteiger charge is -2.44. The molecule has 0 saturated heterocycles. The van der Waals surface area contributed by atoms with Crippen molar-refractivity contribution in [3.8, 4) is 11.1 Å². The number of hydrogen-bond donors (Lipinski definition) is 0. The molecule has 0 saturated carbocycles. The van der Waals surface area contributed by atoms with Gasteiger partial charge in [-0.25, -0.2) is 4.39 Å². The molecule has 5 aromatic carbocycles. The van der Waals surface area contributed by atoms with Gasteiger partial charge in [0.1, 0.15) is 6.17 Å². The molecule has 0 fully saturated rings. The lowest BCUT2D eigenvalue weighted by Crippen LogP contribution is -2.62. The monoisotopic (exact) mass is 546 g/mol. The normalized spacial score (nSPS) is 20.2. The fourth-order valence-electron chi connectivity index (χ4n) is 8.47. The molecule has 0 radical (unpaired) electrons. The van der Waals surface area contributed by atoms with Crippen LogP contribution in [-0.4, -0.2) is 13.3 Å². The second-order valence-corrected chi connectivity index (χ2v) is 13.1. The Labute approximate surface area is 247 Å². The molecule has 3 aliphatic heterocycles. The van der Waals surface area contributed by atoms with E-state index in [0.717, 1.165) is 17.8 Å². The minimum atomic E-state index is -0.945. The van der Waals surface area contributed by atoms with E-state index in [1.165, 1.54) is 61.4 Å². The summed E-state index contributed by atoms with van der Waals surface area (Å²) in [6, 6.07) is 37.7. The van der Waals surface area contributed by atoms with E-state index in [-0.39, 0.29) is 18.0 Å². The third-order valence-corrected chi connectivity index (χ3v) is 10.3. The van der Waals surface area contributed by atoms with Crippen LogP contribution in [0.4, 0.5) is 32.8 Å². The molecule has 4 aliphatic rings. The quantitative estimate of drug-likeness (QED) is 0.194. The summed E-state index contributed by atoms with van der Waals surface area (Å²) >= 11 is 0. The summed E-state index contributed by atoms with van der Waals surface area (Å²) in [4.78, 5) is 4.90. The van der Waals surface area contributed by atoms with Crippen molar-refractivity contribution in [3.05, 3.63) is 120 Å². The van der Waals surface area contributed by atoms with Crippen LogP contribution < -0.4 is 26.2 Å². The van der Waals surface area contributed by atoms with Gasteiger partial charge in [-0.15, -0.1) is 0 Å². The Hall–Kier alpha value is -4.31. The Kier molecular flexibility index (Phi) is 4.85. The van der Waals surface area contributed by atoms with Crippen molar-refractivity contribution in [1.29, 1.82) is 0 Å². The van der Waals surface area contributed by atoms with Crippen LogP contribution in [0.2, 0.25) is 0 Å². The van der Waals surface area contributed by atoms with Crippen molar-refractivity contribution in [2.45, 2.75) is 38.8 Å². The van der Waals surface area contributed by atoms with E-state index >= 15 is 4.39 Å². The molecule has 42 heavy (non-hydrogen) atoms. The Morgan fingerprint density at radius 2 is 1.45 bits per heavy atom. The van der Waals surface area contributed by atoms with E-state index in [9.17, 15) is 0 Å². The van der Waals surface area contributed by atoms with E-state index < -0.39 is 6.17 Å². The average molecular weight is 546 g/mol. The fraction of sp³-hybridized carbons (Fsp3) is 0.211. The molecule has 9 rings (SSSR count). The summed E-state index contributed by atoms with van der Waals surface area (Å²) < 4.78 is 15.7. The Balaban J connectivity index is 1.30. The van der Waals surface area contributed by atoms with Crippen LogP contribution in [-0.2, 0) is 5.41 Å². The molecular weight excluding hydrogens is 514 g/mol. The van der Waals surface area contributed by atoms with Crippen molar-refractivity contribution < 1.29 is 4.39 Å². The number of nitrogens with zero attached hydrogens (tertiary/aromatic N) is 2. The standard InChI is InChI=1S/C38H32BFN2/c1-23-20-32(40)27-11-8-14-31-37(27)41(22-23)34-16-9-17-35-36(34)39(31)30-13-6-7-15-33(30)42(35)24-18-19-26-25-10-4-5-12-28(25)38(2,3)29(26)21-24/h4-19,21,23,32H,20,22H2,1-3H3. The molecule has 2 nitrogen and oxygen atoms in total. The Morgan fingerprint density at radius 3 is 2.36 bits per heavy atom. The van der Waals surface area contributed by atoms with Gasteiger partial charge in [0.2, 0.25) is 0 Å². The van der Waals surface area contributed by atoms with Crippen LogP contribution in [0.25, 0.3) is 11.1 Å². The third kappa shape index (κ3) is 3.05. The number of alkyl halides is 1. The first-order valence-electron chi connectivity index (χ1n) is 15.2. The lowest BCUT2D eigenvalue weighted by atomic mass is 9.33. The van der Waals surface area contributed by atoms with Crippen molar-refractivity contribution in [2.75, 3.05) is 16.3 Å². The molecule has 1 aliphatic carbocycles. The van der Waals surface area contributed by atoms with Gasteiger partial charge in [0.25, 0.3) is 6.71 Å². The molecule has 5 aromatic rings. The highest BCUT2D eigenvalue weighted by atomic mass is 19.1. The highest BCUT2D eigenvalue weighted by Gasteiger charge is 2.45. The third-order valence-electron chi connectivity index (χ3n) is 10.3. The van der Waals surface area contributed by atoms with Crippen LogP contribution in [0.5, 0.6) is 0 Å². The zero-order valence-corrected chi connectivity index (χ0v) is 24.2. The smallest absolute Gasteiger partial charge is 0.252 e. The number of rotatable bonds is 1. The molecule has 2 atom stereocenters. The topological polar surface area (TPSA) is 6.48 Å². The number of para-hydroxylation sites is 2. The minimum Gasteiger partial charge on any atom is -0.342 e. The van der Waals surface area contributed by atoms with Crippen LogP contribution in [0.1, 0.15) is 50.1 Å². The SMILES string of the molecule is CC1CC(F)c2cccc3c2N(C1)c1cccc2c1B3c1ccccc1N2c1ccc2c(c1)C(C)(C)c1ccccc1-2. The lowest BCUT2D eigenvalue weighted by molar-refractivity contribution is 0.291. The predicted molar refractivity (Wildman–Crippen MR) is 174 cm³/mol. The van der Waals surface area contributed by atoms with E-state index in [0.29, 0.717) is 6.42 Å². The van der Waals surface area contributed by atoms with Crippen molar-refractivity contribution >= 4 is 51.5 Å². The molecule has 2 unspecified atom stereocenters. The summed E-state index contributed by atoms with van der Waals surface area (Å²) in [5.74, 6) is 0.250. The van der Waals surface area contributed by atoms with E-state index in [1.807, 2.05) is 6.07 Å². The van der Waals surface area contributed by atoms with Gasteiger partial charge >= 0.3 is 0 Å². The van der Waals surface area contributed by atoms with Crippen LogP contribution >= 0.6 is 0 Å².